The van der Waals surface area contributed by atoms with Crippen LogP contribution in [0.25, 0.3) is 0 Å². The molecule has 22 heavy (non-hydrogen) atoms. The monoisotopic (exact) mass is 293 g/mol. The van der Waals surface area contributed by atoms with Crippen LogP contribution in [0, 0.1) is 0 Å². The lowest BCUT2D eigenvalue weighted by Gasteiger charge is -2.28. The van der Waals surface area contributed by atoms with E-state index in [0.717, 1.165) is 22.6 Å². The normalized spacial score (nSPS) is 19.9. The average Bonchev–Trinajstić information content (AvgIpc) is 2.78. The van der Waals surface area contributed by atoms with Crippen molar-refractivity contribution in [3.8, 4) is 5.75 Å². The predicted molar refractivity (Wildman–Crippen MR) is 88.4 cm³/mol. The Bertz CT molecular complexity index is 723. The Kier molecular flexibility index (Phi) is 3.49. The maximum atomic E-state index is 13.1. The van der Waals surface area contributed by atoms with Crippen LogP contribution in [-0.2, 0) is 10.2 Å². The summed E-state index contributed by atoms with van der Waals surface area (Å²) in [5, 5.41) is 0. The van der Waals surface area contributed by atoms with Gasteiger partial charge in [-0.1, -0.05) is 36.4 Å². The molecule has 0 unspecified atom stereocenters. The van der Waals surface area contributed by atoms with Crippen LogP contribution in [0.2, 0.25) is 0 Å². The van der Waals surface area contributed by atoms with Gasteiger partial charge in [0, 0.05) is 12.7 Å². The van der Waals surface area contributed by atoms with E-state index >= 15 is 0 Å². The summed E-state index contributed by atoms with van der Waals surface area (Å²) >= 11 is 0. The number of allylic oxidation sites excluding steroid dienone is 1. The number of ether oxygens (including phenoxy) is 1. The van der Waals surface area contributed by atoms with E-state index in [0.29, 0.717) is 6.42 Å². The smallest absolute Gasteiger partial charge is 0.242 e. The number of nitrogens with zero attached hydrogens (tertiary/aromatic N) is 1. The second-order valence-corrected chi connectivity index (χ2v) is 5.51. The molecule has 0 saturated carbocycles. The lowest BCUT2D eigenvalue weighted by Crippen LogP contribution is -2.39. The largest absolute Gasteiger partial charge is 0.497 e. The Balaban J connectivity index is 2.31. The second kappa shape index (κ2) is 5.34. The predicted octanol–water partition coefficient (Wildman–Crippen LogP) is 3.53. The Morgan fingerprint density at radius 3 is 2.59 bits per heavy atom. The van der Waals surface area contributed by atoms with Crippen molar-refractivity contribution in [1.82, 2.24) is 0 Å². The van der Waals surface area contributed by atoms with Crippen molar-refractivity contribution in [3.63, 3.8) is 0 Å². The number of carbonyl (C=O) groups is 1. The van der Waals surface area contributed by atoms with Crippen molar-refractivity contribution in [1.29, 1.82) is 0 Å². The molecule has 3 nitrogen and oxygen atoms in total. The molecule has 1 amide bonds. The summed E-state index contributed by atoms with van der Waals surface area (Å²) in [6.07, 6.45) is 2.37. The first-order valence-electron chi connectivity index (χ1n) is 7.28. The summed E-state index contributed by atoms with van der Waals surface area (Å²) in [6, 6.07) is 15.7. The molecule has 0 spiro atoms. The standard InChI is InChI=1S/C19H19NO2/c1-4-12-19(14-8-6-5-7-9-14)16-13-15(22-3)10-11-17(16)20(2)18(19)21/h4-11,13H,1,12H2,2-3H3/t19-/m1/s1. The van der Waals surface area contributed by atoms with Crippen LogP contribution in [-0.4, -0.2) is 20.1 Å². The van der Waals surface area contributed by atoms with Gasteiger partial charge in [0.1, 0.15) is 11.2 Å². The molecule has 1 aliphatic rings. The summed E-state index contributed by atoms with van der Waals surface area (Å²) in [5.41, 5.74) is 2.17. The Morgan fingerprint density at radius 1 is 1.23 bits per heavy atom. The fourth-order valence-electron chi connectivity index (χ4n) is 3.32. The highest BCUT2D eigenvalue weighted by atomic mass is 16.5. The van der Waals surface area contributed by atoms with Gasteiger partial charge in [-0.05, 0) is 35.7 Å². The van der Waals surface area contributed by atoms with Crippen LogP contribution in [0.5, 0.6) is 5.75 Å². The highest BCUT2D eigenvalue weighted by Crippen LogP contribution is 2.49. The van der Waals surface area contributed by atoms with Gasteiger partial charge in [0.2, 0.25) is 5.91 Å². The highest BCUT2D eigenvalue weighted by Gasteiger charge is 2.50. The molecule has 2 aromatic carbocycles. The molecule has 0 fully saturated rings. The van der Waals surface area contributed by atoms with Crippen molar-refractivity contribution in [2.45, 2.75) is 11.8 Å². The molecule has 1 heterocycles. The van der Waals surface area contributed by atoms with Crippen molar-refractivity contribution >= 4 is 11.6 Å². The van der Waals surface area contributed by atoms with Gasteiger partial charge in [0.15, 0.2) is 0 Å². The van der Waals surface area contributed by atoms with Crippen molar-refractivity contribution < 1.29 is 9.53 Å². The van der Waals surface area contributed by atoms with Gasteiger partial charge in [0.05, 0.1) is 7.11 Å². The van der Waals surface area contributed by atoms with E-state index < -0.39 is 5.41 Å². The van der Waals surface area contributed by atoms with Gasteiger partial charge in [-0.15, -0.1) is 6.58 Å². The van der Waals surface area contributed by atoms with Gasteiger partial charge >= 0.3 is 0 Å². The van der Waals surface area contributed by atoms with Crippen LogP contribution < -0.4 is 9.64 Å². The minimum Gasteiger partial charge on any atom is -0.497 e. The molecule has 0 aliphatic carbocycles. The third kappa shape index (κ3) is 1.86. The average molecular weight is 293 g/mol. The van der Waals surface area contributed by atoms with Gasteiger partial charge in [-0.2, -0.15) is 0 Å². The highest BCUT2D eigenvalue weighted by molar-refractivity contribution is 6.10. The Labute approximate surface area is 130 Å². The number of amides is 1. The molecule has 0 N–H and O–H groups in total. The van der Waals surface area contributed by atoms with E-state index in [4.69, 9.17) is 4.74 Å². The minimum absolute atomic E-state index is 0.0712. The Morgan fingerprint density at radius 2 is 1.95 bits per heavy atom. The quantitative estimate of drug-likeness (QED) is 0.807. The molecule has 0 radical (unpaired) electrons. The first-order valence-corrected chi connectivity index (χ1v) is 7.28. The maximum Gasteiger partial charge on any atom is 0.242 e. The van der Waals surface area contributed by atoms with E-state index in [2.05, 4.69) is 6.58 Å². The summed E-state index contributed by atoms with van der Waals surface area (Å²) in [6.45, 7) is 3.87. The first-order chi connectivity index (χ1) is 10.6. The zero-order valence-electron chi connectivity index (χ0n) is 12.9. The zero-order chi connectivity index (χ0) is 15.7. The van der Waals surface area contributed by atoms with E-state index in [1.807, 2.05) is 61.7 Å². The van der Waals surface area contributed by atoms with E-state index in [1.165, 1.54) is 0 Å². The molecular formula is C19H19NO2. The third-order valence-corrected chi connectivity index (χ3v) is 4.41. The molecule has 3 heteroatoms. The zero-order valence-corrected chi connectivity index (χ0v) is 12.9. The van der Waals surface area contributed by atoms with E-state index in [9.17, 15) is 4.79 Å². The lowest BCUT2D eigenvalue weighted by atomic mass is 9.73. The van der Waals surface area contributed by atoms with Crippen molar-refractivity contribution in [3.05, 3.63) is 72.3 Å². The van der Waals surface area contributed by atoms with E-state index in [1.54, 1.807) is 12.0 Å². The number of rotatable bonds is 4. The van der Waals surface area contributed by atoms with Crippen LogP contribution in [0.3, 0.4) is 0 Å². The summed E-state index contributed by atoms with van der Waals surface area (Å²) in [4.78, 5) is 14.8. The van der Waals surface area contributed by atoms with Crippen LogP contribution in [0.15, 0.2) is 61.2 Å². The number of anilines is 1. The number of hydrogen-bond donors (Lipinski definition) is 0. The summed E-state index contributed by atoms with van der Waals surface area (Å²) < 4.78 is 5.36. The van der Waals surface area contributed by atoms with Gasteiger partial charge < -0.3 is 9.64 Å². The molecule has 1 aliphatic heterocycles. The second-order valence-electron chi connectivity index (χ2n) is 5.51. The fraction of sp³-hybridized carbons (Fsp3) is 0.211. The lowest BCUT2D eigenvalue weighted by molar-refractivity contribution is -0.121. The van der Waals surface area contributed by atoms with Crippen molar-refractivity contribution in [2.24, 2.45) is 0 Å². The Hall–Kier alpha value is -2.55. The number of methoxy groups -OCH3 is 1. The van der Waals surface area contributed by atoms with Gasteiger partial charge in [0.25, 0.3) is 0 Å². The van der Waals surface area contributed by atoms with Crippen LogP contribution in [0.4, 0.5) is 5.69 Å². The number of likely N-dealkylation sites (N-methyl/N-ethyl adjacent to an activating group) is 1. The molecule has 0 saturated heterocycles. The summed E-state index contributed by atoms with van der Waals surface area (Å²) in [5.74, 6) is 0.827. The number of hydrogen-bond acceptors (Lipinski definition) is 2. The van der Waals surface area contributed by atoms with Crippen LogP contribution >= 0.6 is 0 Å². The summed E-state index contributed by atoms with van der Waals surface area (Å²) in [7, 11) is 3.46. The number of carbonyl (C=O) groups excluding carboxylic acids is 1. The fourth-order valence-corrected chi connectivity index (χ4v) is 3.32. The van der Waals surface area contributed by atoms with Gasteiger partial charge in [-0.3, -0.25) is 4.79 Å². The van der Waals surface area contributed by atoms with Gasteiger partial charge in [-0.25, -0.2) is 0 Å². The molecule has 2 aromatic rings. The third-order valence-electron chi connectivity index (χ3n) is 4.41. The molecule has 0 aromatic heterocycles. The van der Waals surface area contributed by atoms with E-state index in [-0.39, 0.29) is 5.91 Å². The van der Waals surface area contributed by atoms with Crippen molar-refractivity contribution in [2.75, 3.05) is 19.1 Å². The SMILES string of the molecule is C=CC[C@]1(c2ccccc2)C(=O)N(C)c2ccc(OC)cc21. The molecule has 1 atom stereocenters. The maximum absolute atomic E-state index is 13.1. The minimum atomic E-state index is -0.721. The molecule has 0 bridgehead atoms. The topological polar surface area (TPSA) is 29.5 Å². The molecule has 3 rings (SSSR count). The first kappa shape index (κ1) is 14.4. The number of benzene rings is 2. The molecule has 112 valence electrons. The molecular weight excluding hydrogens is 274 g/mol. The number of fused-ring (bicyclic) bond motifs is 1. The van der Waals surface area contributed by atoms with Crippen LogP contribution in [0.1, 0.15) is 17.5 Å².